The van der Waals surface area contributed by atoms with Crippen molar-refractivity contribution in [3.8, 4) is 0 Å². The van der Waals surface area contributed by atoms with Crippen molar-refractivity contribution < 1.29 is 14.3 Å². The van der Waals surface area contributed by atoms with Crippen molar-refractivity contribution in [1.29, 1.82) is 0 Å². The first-order valence-corrected chi connectivity index (χ1v) is 7.74. The average molecular weight is 284 g/mol. The molecule has 0 aliphatic carbocycles. The molecule has 0 aromatic carbocycles. The van der Waals surface area contributed by atoms with Crippen LogP contribution in [0.4, 0.5) is 0 Å². The van der Waals surface area contributed by atoms with Crippen molar-refractivity contribution >= 4 is 11.9 Å². The van der Waals surface area contributed by atoms with Crippen molar-refractivity contribution in [2.45, 2.75) is 45.4 Å². The molecule has 1 N–H and O–H groups in total. The van der Waals surface area contributed by atoms with Crippen LogP contribution in [0, 0.1) is 5.92 Å². The summed E-state index contributed by atoms with van der Waals surface area (Å²) in [6.45, 7) is 5.62. The van der Waals surface area contributed by atoms with Crippen molar-refractivity contribution in [3.63, 3.8) is 0 Å². The lowest BCUT2D eigenvalue weighted by Gasteiger charge is -2.31. The number of rotatable bonds is 8. The Morgan fingerprint density at radius 3 is 2.85 bits per heavy atom. The van der Waals surface area contributed by atoms with Gasteiger partial charge >= 0.3 is 5.97 Å². The third-order valence-electron chi connectivity index (χ3n) is 3.79. The van der Waals surface area contributed by atoms with Gasteiger partial charge in [0, 0.05) is 19.5 Å². The summed E-state index contributed by atoms with van der Waals surface area (Å²) in [5.74, 6) is 0.144. The molecule has 20 heavy (non-hydrogen) atoms. The van der Waals surface area contributed by atoms with Crippen molar-refractivity contribution in [1.82, 2.24) is 10.2 Å². The van der Waals surface area contributed by atoms with Crippen LogP contribution in [0.1, 0.15) is 45.4 Å². The van der Waals surface area contributed by atoms with E-state index in [2.05, 4.69) is 21.9 Å². The molecule has 0 bridgehead atoms. The minimum atomic E-state index is -0.157. The highest BCUT2D eigenvalue weighted by Crippen LogP contribution is 2.17. The normalized spacial score (nSPS) is 19.6. The molecule has 5 nitrogen and oxygen atoms in total. The van der Waals surface area contributed by atoms with E-state index in [1.54, 1.807) is 0 Å². The molecular weight excluding hydrogens is 256 g/mol. The van der Waals surface area contributed by atoms with Crippen LogP contribution in [-0.2, 0) is 14.3 Å². The number of likely N-dealkylation sites (tertiary alicyclic amines) is 1. The van der Waals surface area contributed by atoms with E-state index in [0.717, 1.165) is 58.3 Å². The molecule has 0 radical (unpaired) electrons. The Kier molecular flexibility index (Phi) is 8.26. The Hall–Kier alpha value is -1.10. The molecule has 0 aromatic heterocycles. The van der Waals surface area contributed by atoms with Crippen LogP contribution in [0.25, 0.3) is 0 Å². The molecule has 116 valence electrons. The Labute approximate surface area is 122 Å². The van der Waals surface area contributed by atoms with E-state index in [1.165, 1.54) is 7.11 Å². The van der Waals surface area contributed by atoms with Gasteiger partial charge in [-0.05, 0) is 38.8 Å². The number of carbonyl (C=O) groups is 2. The number of esters is 1. The zero-order valence-corrected chi connectivity index (χ0v) is 12.8. The molecule has 1 fully saturated rings. The fourth-order valence-corrected chi connectivity index (χ4v) is 2.55. The number of carbonyl (C=O) groups excluding carboxylic acids is 2. The smallest absolute Gasteiger partial charge is 0.305 e. The molecule has 1 atom stereocenters. The number of methoxy groups -OCH3 is 1. The second-order valence-corrected chi connectivity index (χ2v) is 5.46. The van der Waals surface area contributed by atoms with Crippen LogP contribution in [0.5, 0.6) is 0 Å². The van der Waals surface area contributed by atoms with Crippen LogP contribution in [0.3, 0.4) is 0 Å². The number of piperidine rings is 1. The zero-order valence-electron chi connectivity index (χ0n) is 12.8. The van der Waals surface area contributed by atoms with Gasteiger partial charge in [0.25, 0.3) is 0 Å². The van der Waals surface area contributed by atoms with E-state index in [9.17, 15) is 9.59 Å². The fraction of sp³-hybridized carbons (Fsp3) is 0.867. The van der Waals surface area contributed by atoms with E-state index < -0.39 is 0 Å². The second-order valence-electron chi connectivity index (χ2n) is 5.46. The van der Waals surface area contributed by atoms with Crippen molar-refractivity contribution in [3.05, 3.63) is 0 Å². The maximum atomic E-state index is 12.0. The molecule has 1 saturated heterocycles. The molecular formula is C15H28N2O3. The number of unbranched alkanes of at least 4 members (excludes halogenated alkanes) is 1. The predicted octanol–water partition coefficient (Wildman–Crippen LogP) is 1.57. The summed E-state index contributed by atoms with van der Waals surface area (Å²) in [4.78, 5) is 25.4. The highest BCUT2D eigenvalue weighted by Gasteiger charge is 2.25. The summed E-state index contributed by atoms with van der Waals surface area (Å²) < 4.78 is 4.63. The number of hydrogen-bond acceptors (Lipinski definition) is 4. The fourth-order valence-electron chi connectivity index (χ4n) is 2.55. The van der Waals surface area contributed by atoms with Gasteiger partial charge in [-0.1, -0.05) is 13.3 Å². The molecule has 1 aliphatic heterocycles. The molecule has 1 aliphatic rings. The van der Waals surface area contributed by atoms with Gasteiger partial charge in [-0.2, -0.15) is 0 Å². The van der Waals surface area contributed by atoms with Crippen LogP contribution in [-0.4, -0.2) is 50.1 Å². The Bertz CT molecular complexity index is 307. The monoisotopic (exact) mass is 284 g/mol. The molecule has 0 saturated carbocycles. The number of nitrogens with zero attached hydrogens (tertiary/aromatic N) is 1. The Morgan fingerprint density at radius 1 is 1.35 bits per heavy atom. The number of amides is 1. The number of nitrogens with one attached hydrogen (secondary N) is 1. The zero-order chi connectivity index (χ0) is 14.8. The summed E-state index contributed by atoms with van der Waals surface area (Å²) in [5, 5.41) is 3.02. The van der Waals surface area contributed by atoms with E-state index in [1.807, 2.05) is 0 Å². The lowest BCUT2D eigenvalue weighted by Crippen LogP contribution is -2.43. The second kappa shape index (κ2) is 9.75. The van der Waals surface area contributed by atoms with E-state index in [-0.39, 0.29) is 17.8 Å². The lowest BCUT2D eigenvalue weighted by molar-refractivity contribution is -0.140. The largest absolute Gasteiger partial charge is 0.469 e. The minimum Gasteiger partial charge on any atom is -0.469 e. The molecule has 1 heterocycles. The predicted molar refractivity (Wildman–Crippen MR) is 78.3 cm³/mol. The van der Waals surface area contributed by atoms with Gasteiger partial charge < -0.3 is 15.0 Å². The molecule has 0 spiro atoms. The summed E-state index contributed by atoms with van der Waals surface area (Å²) in [6.07, 6.45) is 5.44. The molecule has 5 heteroatoms. The molecule has 1 unspecified atom stereocenters. The molecule has 0 aromatic rings. The van der Waals surface area contributed by atoms with E-state index in [4.69, 9.17) is 0 Å². The lowest BCUT2D eigenvalue weighted by atomic mass is 9.97. The Morgan fingerprint density at radius 2 is 2.15 bits per heavy atom. The third-order valence-corrected chi connectivity index (χ3v) is 3.79. The first kappa shape index (κ1) is 17.0. The summed E-state index contributed by atoms with van der Waals surface area (Å²) in [6, 6.07) is 0. The van der Waals surface area contributed by atoms with Crippen LogP contribution < -0.4 is 5.32 Å². The maximum absolute atomic E-state index is 12.0. The van der Waals surface area contributed by atoms with Crippen molar-refractivity contribution in [2.24, 2.45) is 5.92 Å². The van der Waals surface area contributed by atoms with Gasteiger partial charge in [0.15, 0.2) is 0 Å². The maximum Gasteiger partial charge on any atom is 0.305 e. The number of hydrogen-bond donors (Lipinski definition) is 1. The first-order chi connectivity index (χ1) is 9.67. The highest BCUT2D eigenvalue weighted by molar-refractivity contribution is 5.78. The quantitative estimate of drug-likeness (QED) is 0.543. The summed E-state index contributed by atoms with van der Waals surface area (Å²) in [7, 11) is 1.42. The topological polar surface area (TPSA) is 58.6 Å². The van der Waals surface area contributed by atoms with Gasteiger partial charge in [-0.25, -0.2) is 0 Å². The summed E-state index contributed by atoms with van der Waals surface area (Å²) >= 11 is 0. The van der Waals surface area contributed by atoms with Crippen LogP contribution in [0.2, 0.25) is 0 Å². The van der Waals surface area contributed by atoms with Crippen molar-refractivity contribution in [2.75, 3.05) is 33.3 Å². The first-order valence-electron chi connectivity index (χ1n) is 7.74. The highest BCUT2D eigenvalue weighted by atomic mass is 16.5. The van der Waals surface area contributed by atoms with Crippen LogP contribution in [0.15, 0.2) is 0 Å². The van der Waals surface area contributed by atoms with Gasteiger partial charge in [-0.3, -0.25) is 9.59 Å². The Balaban J connectivity index is 2.23. The molecule has 1 amide bonds. The third kappa shape index (κ3) is 6.37. The average Bonchev–Trinajstić information content (AvgIpc) is 2.47. The standard InChI is InChI=1S/C15H28N2O3/c1-3-4-9-16-15(19)13-7-5-10-17(12-13)11-6-8-14(18)20-2/h13H,3-12H2,1-2H3,(H,16,19). The van der Waals surface area contributed by atoms with Gasteiger partial charge in [0.1, 0.15) is 0 Å². The number of ether oxygens (including phenoxy) is 1. The van der Waals surface area contributed by atoms with Crippen LogP contribution >= 0.6 is 0 Å². The van der Waals surface area contributed by atoms with Gasteiger partial charge in [0.05, 0.1) is 13.0 Å². The van der Waals surface area contributed by atoms with Gasteiger partial charge in [-0.15, -0.1) is 0 Å². The molecule has 1 rings (SSSR count). The van der Waals surface area contributed by atoms with Gasteiger partial charge in [0.2, 0.25) is 5.91 Å². The van der Waals surface area contributed by atoms with E-state index >= 15 is 0 Å². The minimum absolute atomic E-state index is 0.110. The SMILES string of the molecule is CCCCNC(=O)C1CCCN(CCCC(=O)OC)C1. The summed E-state index contributed by atoms with van der Waals surface area (Å²) in [5.41, 5.74) is 0. The van der Waals surface area contributed by atoms with E-state index in [0.29, 0.717) is 6.42 Å².